The summed E-state index contributed by atoms with van der Waals surface area (Å²) in [5.74, 6) is 1.79. The molecule has 2 aliphatic rings. The molecule has 0 heterocycles. The molecule has 0 spiro atoms. The number of carbonyl (C=O) groups is 1. The van der Waals surface area contributed by atoms with Crippen LogP contribution in [0.25, 0.3) is 0 Å². The number of carbonyl (C=O) groups excluding carboxylic acids is 1. The van der Waals surface area contributed by atoms with Gasteiger partial charge in [-0.3, -0.25) is 4.79 Å². The summed E-state index contributed by atoms with van der Waals surface area (Å²) in [6.45, 7) is 4.36. The summed E-state index contributed by atoms with van der Waals surface area (Å²) in [4.78, 5) is 10.6. The van der Waals surface area contributed by atoms with Crippen molar-refractivity contribution in [2.75, 3.05) is 6.61 Å². The van der Waals surface area contributed by atoms with Gasteiger partial charge in [0.25, 0.3) is 0 Å². The zero-order valence-electron chi connectivity index (χ0n) is 7.80. The van der Waals surface area contributed by atoms with Gasteiger partial charge in [0.1, 0.15) is 0 Å². The molecule has 2 rings (SSSR count). The molecule has 0 saturated heterocycles. The van der Waals surface area contributed by atoms with Crippen LogP contribution in [0.4, 0.5) is 0 Å². The Labute approximate surface area is 73.3 Å². The van der Waals surface area contributed by atoms with Crippen molar-refractivity contribution in [2.24, 2.45) is 17.3 Å². The molecule has 2 fully saturated rings. The van der Waals surface area contributed by atoms with Crippen molar-refractivity contribution in [2.45, 2.75) is 33.1 Å². The molecule has 0 aromatic heterocycles. The molecule has 0 bridgehead atoms. The van der Waals surface area contributed by atoms with Gasteiger partial charge in [0.15, 0.2) is 0 Å². The minimum absolute atomic E-state index is 0.142. The first kappa shape index (κ1) is 8.09. The number of ether oxygens (including phenoxy) is 1. The van der Waals surface area contributed by atoms with Gasteiger partial charge in [-0.05, 0) is 31.1 Å². The standard InChI is InChI=1S/C10H16O2/c1-7(11)12-6-10(2)4-8-3-9(8)5-10/h8-9H,3-6H2,1-2H3/t8-,9+,10?. The van der Waals surface area contributed by atoms with Crippen LogP contribution in [0.3, 0.4) is 0 Å². The SMILES string of the molecule is CC(=O)OCC1(C)C[C@H]2C[C@H]2C1. The minimum atomic E-state index is -0.142. The Hall–Kier alpha value is -0.530. The monoisotopic (exact) mass is 168 g/mol. The van der Waals surface area contributed by atoms with E-state index in [1.165, 1.54) is 26.2 Å². The normalized spacial score (nSPS) is 43.8. The summed E-state index contributed by atoms with van der Waals surface area (Å²) < 4.78 is 5.06. The highest BCUT2D eigenvalue weighted by molar-refractivity contribution is 5.65. The molecule has 2 nitrogen and oxygen atoms in total. The van der Waals surface area contributed by atoms with Crippen LogP contribution in [-0.4, -0.2) is 12.6 Å². The molecule has 3 atom stereocenters. The van der Waals surface area contributed by atoms with E-state index in [1.807, 2.05) is 0 Å². The van der Waals surface area contributed by atoms with Gasteiger partial charge >= 0.3 is 5.97 Å². The van der Waals surface area contributed by atoms with Gasteiger partial charge in [-0.25, -0.2) is 0 Å². The summed E-state index contributed by atoms with van der Waals surface area (Å²) in [6.07, 6.45) is 3.96. The van der Waals surface area contributed by atoms with E-state index in [0.29, 0.717) is 12.0 Å². The Kier molecular flexibility index (Phi) is 1.67. The highest BCUT2D eigenvalue weighted by Crippen LogP contribution is 2.59. The topological polar surface area (TPSA) is 26.3 Å². The van der Waals surface area contributed by atoms with Crippen LogP contribution in [0.5, 0.6) is 0 Å². The first-order valence-corrected chi connectivity index (χ1v) is 4.72. The Bertz CT molecular complexity index is 200. The molecule has 0 N–H and O–H groups in total. The van der Waals surface area contributed by atoms with Crippen molar-refractivity contribution in [3.05, 3.63) is 0 Å². The summed E-state index contributed by atoms with van der Waals surface area (Å²) in [6, 6.07) is 0. The molecular formula is C10H16O2. The average molecular weight is 168 g/mol. The van der Waals surface area contributed by atoms with E-state index in [0.717, 1.165) is 11.8 Å². The number of rotatable bonds is 2. The average Bonchev–Trinajstić information content (AvgIpc) is 2.57. The van der Waals surface area contributed by atoms with E-state index in [4.69, 9.17) is 4.74 Å². The lowest BCUT2D eigenvalue weighted by atomic mass is 9.86. The lowest BCUT2D eigenvalue weighted by molar-refractivity contribution is -0.144. The molecular weight excluding hydrogens is 152 g/mol. The highest BCUT2D eigenvalue weighted by atomic mass is 16.5. The molecule has 2 aliphatic carbocycles. The van der Waals surface area contributed by atoms with Crippen LogP contribution in [0.1, 0.15) is 33.1 Å². The summed E-state index contributed by atoms with van der Waals surface area (Å²) >= 11 is 0. The summed E-state index contributed by atoms with van der Waals surface area (Å²) in [7, 11) is 0. The largest absolute Gasteiger partial charge is 0.465 e. The summed E-state index contributed by atoms with van der Waals surface area (Å²) in [5.41, 5.74) is 0.305. The third-order valence-corrected chi connectivity index (χ3v) is 3.20. The molecule has 0 aromatic carbocycles. The molecule has 2 heteroatoms. The zero-order chi connectivity index (χ0) is 8.77. The molecule has 68 valence electrons. The molecule has 1 unspecified atom stereocenters. The van der Waals surface area contributed by atoms with E-state index in [2.05, 4.69) is 6.92 Å². The van der Waals surface area contributed by atoms with E-state index in [-0.39, 0.29) is 5.97 Å². The number of hydrogen-bond donors (Lipinski definition) is 0. The van der Waals surface area contributed by atoms with Crippen molar-refractivity contribution in [3.8, 4) is 0 Å². The molecule has 0 aliphatic heterocycles. The fraction of sp³-hybridized carbons (Fsp3) is 0.900. The maximum atomic E-state index is 10.6. The van der Waals surface area contributed by atoms with Gasteiger partial charge in [0.2, 0.25) is 0 Å². The second kappa shape index (κ2) is 2.48. The van der Waals surface area contributed by atoms with Crippen molar-refractivity contribution >= 4 is 5.97 Å². The van der Waals surface area contributed by atoms with E-state index < -0.39 is 0 Å². The Morgan fingerprint density at radius 1 is 1.50 bits per heavy atom. The number of hydrogen-bond acceptors (Lipinski definition) is 2. The molecule has 2 saturated carbocycles. The van der Waals surface area contributed by atoms with Crippen molar-refractivity contribution in [1.82, 2.24) is 0 Å². The second-order valence-electron chi connectivity index (χ2n) is 4.76. The fourth-order valence-corrected chi connectivity index (χ4v) is 2.55. The first-order valence-electron chi connectivity index (χ1n) is 4.72. The van der Waals surface area contributed by atoms with Crippen LogP contribution in [-0.2, 0) is 9.53 Å². The molecule has 12 heavy (non-hydrogen) atoms. The van der Waals surface area contributed by atoms with Crippen molar-refractivity contribution in [1.29, 1.82) is 0 Å². The van der Waals surface area contributed by atoms with Crippen molar-refractivity contribution < 1.29 is 9.53 Å². The lowest BCUT2D eigenvalue weighted by Crippen LogP contribution is -2.22. The smallest absolute Gasteiger partial charge is 0.302 e. The van der Waals surface area contributed by atoms with E-state index >= 15 is 0 Å². The molecule has 0 aromatic rings. The predicted molar refractivity (Wildman–Crippen MR) is 45.6 cm³/mol. The number of esters is 1. The van der Waals surface area contributed by atoms with Gasteiger partial charge in [0.05, 0.1) is 6.61 Å². The Morgan fingerprint density at radius 3 is 2.58 bits per heavy atom. The third-order valence-electron chi connectivity index (χ3n) is 3.20. The van der Waals surface area contributed by atoms with Gasteiger partial charge in [-0.15, -0.1) is 0 Å². The van der Waals surface area contributed by atoms with Gasteiger partial charge in [-0.1, -0.05) is 6.92 Å². The van der Waals surface area contributed by atoms with E-state index in [9.17, 15) is 4.79 Å². The highest BCUT2D eigenvalue weighted by Gasteiger charge is 2.51. The molecule has 0 amide bonds. The maximum absolute atomic E-state index is 10.6. The lowest BCUT2D eigenvalue weighted by Gasteiger charge is -2.24. The molecule has 0 radical (unpaired) electrons. The van der Waals surface area contributed by atoms with Crippen LogP contribution in [0.2, 0.25) is 0 Å². The first-order chi connectivity index (χ1) is 5.59. The summed E-state index contributed by atoms with van der Waals surface area (Å²) in [5, 5.41) is 0. The number of fused-ring (bicyclic) bond motifs is 1. The van der Waals surface area contributed by atoms with Crippen molar-refractivity contribution in [3.63, 3.8) is 0 Å². The zero-order valence-corrected chi connectivity index (χ0v) is 7.80. The van der Waals surface area contributed by atoms with Crippen LogP contribution in [0.15, 0.2) is 0 Å². The van der Waals surface area contributed by atoms with Gasteiger partial charge in [-0.2, -0.15) is 0 Å². The fourth-order valence-electron chi connectivity index (χ4n) is 2.55. The van der Waals surface area contributed by atoms with E-state index in [1.54, 1.807) is 0 Å². The third kappa shape index (κ3) is 1.47. The Balaban J connectivity index is 1.82. The second-order valence-corrected chi connectivity index (χ2v) is 4.76. The van der Waals surface area contributed by atoms with Crippen LogP contribution >= 0.6 is 0 Å². The maximum Gasteiger partial charge on any atom is 0.302 e. The predicted octanol–water partition coefficient (Wildman–Crippen LogP) is 1.99. The minimum Gasteiger partial charge on any atom is -0.465 e. The van der Waals surface area contributed by atoms with Crippen LogP contribution in [0, 0.1) is 17.3 Å². The Morgan fingerprint density at radius 2 is 2.08 bits per heavy atom. The van der Waals surface area contributed by atoms with Gasteiger partial charge < -0.3 is 4.74 Å². The van der Waals surface area contributed by atoms with Gasteiger partial charge in [0, 0.05) is 12.3 Å². The quantitative estimate of drug-likeness (QED) is 0.589. The van der Waals surface area contributed by atoms with Crippen LogP contribution < -0.4 is 0 Å².